The van der Waals surface area contributed by atoms with Crippen LogP contribution in [0.1, 0.15) is 44.4 Å². The van der Waals surface area contributed by atoms with Crippen LogP contribution in [-0.4, -0.2) is 22.2 Å². The van der Waals surface area contributed by atoms with Gasteiger partial charge in [0.05, 0.1) is 5.69 Å². The Bertz CT molecular complexity index is 386. The minimum atomic E-state index is 0.0653. The lowest BCUT2D eigenvalue weighted by Gasteiger charge is -2.07. The molecule has 1 heterocycles. The lowest BCUT2D eigenvalue weighted by molar-refractivity contribution is -0.121. The molecule has 1 amide bonds. The van der Waals surface area contributed by atoms with Crippen LogP contribution in [0.5, 0.6) is 0 Å². The first-order valence-corrected chi connectivity index (χ1v) is 6.97. The van der Waals surface area contributed by atoms with Gasteiger partial charge in [-0.05, 0) is 43.6 Å². The van der Waals surface area contributed by atoms with E-state index in [2.05, 4.69) is 24.3 Å². The van der Waals surface area contributed by atoms with Gasteiger partial charge in [0.1, 0.15) is 6.54 Å². The van der Waals surface area contributed by atoms with Crippen LogP contribution in [0.3, 0.4) is 0 Å². The van der Waals surface area contributed by atoms with E-state index in [0.717, 1.165) is 25.8 Å². The molecule has 1 aromatic heterocycles. The maximum absolute atomic E-state index is 11.7. The fourth-order valence-electron chi connectivity index (χ4n) is 2.31. The van der Waals surface area contributed by atoms with Gasteiger partial charge in [-0.2, -0.15) is 5.10 Å². The number of rotatable bonds is 5. The number of fused-ring (bicyclic) bond motifs is 1. The summed E-state index contributed by atoms with van der Waals surface area (Å²) in [5.41, 5.74) is 2.52. The van der Waals surface area contributed by atoms with E-state index in [1.165, 1.54) is 24.1 Å². The van der Waals surface area contributed by atoms with Gasteiger partial charge in [-0.15, -0.1) is 0 Å². The van der Waals surface area contributed by atoms with Gasteiger partial charge >= 0.3 is 0 Å². The number of hydrogen-bond acceptors (Lipinski definition) is 2. The standard InChI is InChI=1S/C14H23N3O/c1-11(2)7-8-15-14(18)10-17-9-12-5-3-4-6-13(12)16-17/h9,11H,3-8,10H2,1-2H3,(H,15,18). The first-order valence-electron chi connectivity index (χ1n) is 6.97. The number of nitrogens with zero attached hydrogens (tertiary/aromatic N) is 2. The van der Waals surface area contributed by atoms with E-state index in [1.54, 1.807) is 4.68 Å². The predicted octanol–water partition coefficient (Wildman–Crippen LogP) is 1.92. The fourth-order valence-corrected chi connectivity index (χ4v) is 2.31. The number of aryl methyl sites for hydroxylation is 2. The second-order valence-corrected chi connectivity index (χ2v) is 5.54. The third kappa shape index (κ3) is 3.59. The molecule has 18 heavy (non-hydrogen) atoms. The van der Waals surface area contributed by atoms with Crippen molar-refractivity contribution in [3.8, 4) is 0 Å². The van der Waals surface area contributed by atoms with Crippen LogP contribution < -0.4 is 5.32 Å². The molecule has 0 spiro atoms. The Morgan fingerprint density at radius 3 is 2.94 bits per heavy atom. The van der Waals surface area contributed by atoms with Gasteiger partial charge in [-0.3, -0.25) is 9.48 Å². The van der Waals surface area contributed by atoms with Crippen molar-refractivity contribution in [2.75, 3.05) is 6.54 Å². The van der Waals surface area contributed by atoms with E-state index in [0.29, 0.717) is 12.5 Å². The average molecular weight is 249 g/mol. The van der Waals surface area contributed by atoms with Crippen molar-refractivity contribution in [2.45, 2.75) is 52.5 Å². The van der Waals surface area contributed by atoms with Crippen LogP contribution in [0.25, 0.3) is 0 Å². The first-order chi connectivity index (χ1) is 8.65. The summed E-state index contributed by atoms with van der Waals surface area (Å²) in [4.78, 5) is 11.7. The van der Waals surface area contributed by atoms with Gasteiger partial charge < -0.3 is 5.32 Å². The molecule has 1 aromatic rings. The van der Waals surface area contributed by atoms with Crippen LogP contribution in [0, 0.1) is 5.92 Å². The van der Waals surface area contributed by atoms with Gasteiger partial charge in [-0.1, -0.05) is 13.8 Å². The number of carbonyl (C=O) groups excluding carboxylic acids is 1. The summed E-state index contributed by atoms with van der Waals surface area (Å²) < 4.78 is 1.79. The Balaban J connectivity index is 1.81. The van der Waals surface area contributed by atoms with E-state index >= 15 is 0 Å². The number of hydrogen-bond donors (Lipinski definition) is 1. The first kappa shape index (κ1) is 13.1. The summed E-state index contributed by atoms with van der Waals surface area (Å²) in [6.45, 7) is 5.43. The zero-order valence-corrected chi connectivity index (χ0v) is 11.4. The number of aromatic nitrogens is 2. The molecular weight excluding hydrogens is 226 g/mol. The molecule has 0 aromatic carbocycles. The largest absolute Gasteiger partial charge is 0.354 e. The normalized spacial score (nSPS) is 14.6. The zero-order chi connectivity index (χ0) is 13.0. The summed E-state index contributed by atoms with van der Waals surface area (Å²) in [5.74, 6) is 0.692. The highest BCUT2D eigenvalue weighted by atomic mass is 16.2. The van der Waals surface area contributed by atoms with Gasteiger partial charge in [0, 0.05) is 12.7 Å². The molecule has 0 saturated heterocycles. The Morgan fingerprint density at radius 2 is 2.22 bits per heavy atom. The molecule has 1 aliphatic rings. The summed E-state index contributed by atoms with van der Waals surface area (Å²) in [7, 11) is 0. The van der Waals surface area contributed by atoms with Crippen molar-refractivity contribution in [1.29, 1.82) is 0 Å². The summed E-state index contributed by atoms with van der Waals surface area (Å²) in [6, 6.07) is 0. The quantitative estimate of drug-likeness (QED) is 0.866. The minimum absolute atomic E-state index is 0.0653. The molecule has 0 unspecified atom stereocenters. The van der Waals surface area contributed by atoms with Crippen molar-refractivity contribution in [3.63, 3.8) is 0 Å². The highest BCUT2D eigenvalue weighted by Gasteiger charge is 2.14. The fraction of sp³-hybridized carbons (Fsp3) is 0.714. The van der Waals surface area contributed by atoms with E-state index in [1.807, 2.05) is 6.20 Å². The molecular formula is C14H23N3O. The van der Waals surface area contributed by atoms with Crippen LogP contribution in [0.15, 0.2) is 6.20 Å². The lowest BCUT2D eigenvalue weighted by Crippen LogP contribution is -2.29. The lowest BCUT2D eigenvalue weighted by atomic mass is 9.99. The van der Waals surface area contributed by atoms with Crippen LogP contribution in [-0.2, 0) is 24.2 Å². The highest BCUT2D eigenvalue weighted by molar-refractivity contribution is 5.75. The monoisotopic (exact) mass is 249 g/mol. The molecule has 1 aliphatic carbocycles. The molecule has 100 valence electrons. The van der Waals surface area contributed by atoms with Crippen molar-refractivity contribution in [3.05, 3.63) is 17.5 Å². The molecule has 1 N–H and O–H groups in total. The van der Waals surface area contributed by atoms with Gasteiger partial charge in [0.15, 0.2) is 0 Å². The zero-order valence-electron chi connectivity index (χ0n) is 11.4. The van der Waals surface area contributed by atoms with Crippen molar-refractivity contribution in [2.24, 2.45) is 5.92 Å². The van der Waals surface area contributed by atoms with E-state index < -0.39 is 0 Å². The molecule has 4 nitrogen and oxygen atoms in total. The molecule has 0 fully saturated rings. The van der Waals surface area contributed by atoms with Gasteiger partial charge in [0.25, 0.3) is 0 Å². The number of carbonyl (C=O) groups is 1. The van der Waals surface area contributed by atoms with Crippen molar-refractivity contribution < 1.29 is 4.79 Å². The Morgan fingerprint density at radius 1 is 1.44 bits per heavy atom. The minimum Gasteiger partial charge on any atom is -0.354 e. The van der Waals surface area contributed by atoms with Gasteiger partial charge in [0.2, 0.25) is 5.91 Å². The third-order valence-corrected chi connectivity index (χ3v) is 3.38. The number of nitrogens with one attached hydrogen (secondary N) is 1. The molecule has 4 heteroatoms. The van der Waals surface area contributed by atoms with Crippen LogP contribution in [0.2, 0.25) is 0 Å². The predicted molar refractivity (Wildman–Crippen MR) is 71.3 cm³/mol. The van der Waals surface area contributed by atoms with E-state index in [4.69, 9.17) is 0 Å². The van der Waals surface area contributed by atoms with Gasteiger partial charge in [-0.25, -0.2) is 0 Å². The third-order valence-electron chi connectivity index (χ3n) is 3.38. The molecule has 0 saturated carbocycles. The molecule has 0 atom stereocenters. The SMILES string of the molecule is CC(C)CCNC(=O)Cn1cc2c(n1)CCCC2. The average Bonchev–Trinajstić information content (AvgIpc) is 2.70. The topological polar surface area (TPSA) is 46.9 Å². The van der Waals surface area contributed by atoms with E-state index in [9.17, 15) is 4.79 Å². The van der Waals surface area contributed by atoms with Crippen molar-refractivity contribution >= 4 is 5.91 Å². The van der Waals surface area contributed by atoms with Crippen LogP contribution >= 0.6 is 0 Å². The van der Waals surface area contributed by atoms with Crippen LogP contribution in [0.4, 0.5) is 0 Å². The smallest absolute Gasteiger partial charge is 0.241 e. The summed E-state index contributed by atoms with van der Waals surface area (Å²) in [6.07, 6.45) is 7.73. The molecule has 0 bridgehead atoms. The molecule has 0 aliphatic heterocycles. The summed E-state index contributed by atoms with van der Waals surface area (Å²) in [5, 5.41) is 7.43. The second kappa shape index (κ2) is 6.03. The van der Waals surface area contributed by atoms with E-state index in [-0.39, 0.29) is 5.91 Å². The Kier molecular flexibility index (Phi) is 4.39. The molecule has 0 radical (unpaired) electrons. The molecule has 2 rings (SSSR count). The Labute approximate surface area is 109 Å². The second-order valence-electron chi connectivity index (χ2n) is 5.54. The Hall–Kier alpha value is -1.32. The van der Waals surface area contributed by atoms with Crippen molar-refractivity contribution in [1.82, 2.24) is 15.1 Å². The summed E-state index contributed by atoms with van der Waals surface area (Å²) >= 11 is 0. The number of amides is 1. The highest BCUT2D eigenvalue weighted by Crippen LogP contribution is 2.19. The maximum Gasteiger partial charge on any atom is 0.241 e. The maximum atomic E-state index is 11.7.